The minimum atomic E-state index is -0.171. The molecule has 0 fully saturated rings. The molecule has 3 nitrogen and oxygen atoms in total. The smallest absolute Gasteiger partial charge is 0.249 e. The van der Waals surface area contributed by atoms with E-state index in [0.717, 1.165) is 29.8 Å². The van der Waals surface area contributed by atoms with Crippen LogP contribution in [-0.4, -0.2) is 17.4 Å². The van der Waals surface area contributed by atoms with Gasteiger partial charge in [0, 0.05) is 23.9 Å². The molecule has 1 heterocycles. The van der Waals surface area contributed by atoms with Crippen LogP contribution in [-0.2, 0) is 11.2 Å². The summed E-state index contributed by atoms with van der Waals surface area (Å²) in [4.78, 5) is 12.1. The Balaban J connectivity index is 2.26. The van der Waals surface area contributed by atoms with Gasteiger partial charge in [0.15, 0.2) is 0 Å². The van der Waals surface area contributed by atoms with Crippen molar-refractivity contribution in [3.8, 4) is 0 Å². The molecule has 0 unspecified atom stereocenters. The molecule has 1 aromatic rings. The Morgan fingerprint density at radius 1 is 1.44 bits per heavy atom. The SMILES string of the molecule is CC(=S)NC(=O)/C=C(\C)c1cccc2c1NCC2. The normalized spacial score (nSPS) is 13.8. The molecule has 0 aliphatic carbocycles. The molecular weight excluding hydrogens is 244 g/mol. The van der Waals surface area contributed by atoms with Crippen LogP contribution in [0.1, 0.15) is 25.0 Å². The molecule has 0 atom stereocenters. The average molecular weight is 260 g/mol. The minimum Gasteiger partial charge on any atom is -0.384 e. The third-order valence-electron chi connectivity index (χ3n) is 2.92. The Hall–Kier alpha value is -1.68. The van der Waals surface area contributed by atoms with Crippen LogP contribution in [0.15, 0.2) is 24.3 Å². The van der Waals surface area contributed by atoms with Gasteiger partial charge < -0.3 is 10.6 Å². The van der Waals surface area contributed by atoms with Gasteiger partial charge in [0.25, 0.3) is 0 Å². The highest BCUT2D eigenvalue weighted by molar-refractivity contribution is 7.80. The predicted octanol–water partition coefficient (Wildman–Crippen LogP) is 2.52. The monoisotopic (exact) mass is 260 g/mol. The second kappa shape index (κ2) is 5.31. The van der Waals surface area contributed by atoms with E-state index >= 15 is 0 Å². The van der Waals surface area contributed by atoms with E-state index < -0.39 is 0 Å². The van der Waals surface area contributed by atoms with Gasteiger partial charge in [0.1, 0.15) is 0 Å². The number of hydrogen-bond donors (Lipinski definition) is 2. The third-order valence-corrected chi connectivity index (χ3v) is 3.02. The number of amides is 1. The van der Waals surface area contributed by atoms with Crippen LogP contribution in [0.4, 0.5) is 5.69 Å². The zero-order chi connectivity index (χ0) is 13.1. The molecule has 1 amide bonds. The minimum absolute atomic E-state index is 0.171. The Labute approximate surface area is 112 Å². The van der Waals surface area contributed by atoms with Gasteiger partial charge in [-0.25, -0.2) is 0 Å². The molecular formula is C14H16N2OS. The summed E-state index contributed by atoms with van der Waals surface area (Å²) in [6.45, 7) is 4.59. The number of para-hydroxylation sites is 1. The van der Waals surface area contributed by atoms with Crippen molar-refractivity contribution in [2.75, 3.05) is 11.9 Å². The van der Waals surface area contributed by atoms with Crippen LogP contribution in [0.2, 0.25) is 0 Å². The van der Waals surface area contributed by atoms with Gasteiger partial charge >= 0.3 is 0 Å². The van der Waals surface area contributed by atoms with Gasteiger partial charge in [-0.05, 0) is 31.4 Å². The fourth-order valence-corrected chi connectivity index (χ4v) is 2.25. The summed E-state index contributed by atoms with van der Waals surface area (Å²) < 4.78 is 0. The van der Waals surface area contributed by atoms with Gasteiger partial charge in [0.05, 0.1) is 4.99 Å². The summed E-state index contributed by atoms with van der Waals surface area (Å²) >= 11 is 4.85. The zero-order valence-electron chi connectivity index (χ0n) is 10.5. The molecule has 1 aromatic carbocycles. The van der Waals surface area contributed by atoms with Crippen LogP contribution in [0.5, 0.6) is 0 Å². The van der Waals surface area contributed by atoms with Crippen LogP contribution in [0.3, 0.4) is 0 Å². The first kappa shape index (κ1) is 12.8. The Morgan fingerprint density at radius 2 is 2.22 bits per heavy atom. The van der Waals surface area contributed by atoms with Gasteiger partial charge in [-0.15, -0.1) is 0 Å². The Kier molecular flexibility index (Phi) is 3.77. The summed E-state index contributed by atoms with van der Waals surface area (Å²) in [6.07, 6.45) is 2.63. The highest BCUT2D eigenvalue weighted by atomic mass is 32.1. The number of benzene rings is 1. The number of carbonyl (C=O) groups is 1. The quantitative estimate of drug-likeness (QED) is 0.634. The maximum absolute atomic E-state index is 11.6. The predicted molar refractivity (Wildman–Crippen MR) is 78.7 cm³/mol. The van der Waals surface area contributed by atoms with Crippen molar-refractivity contribution in [3.63, 3.8) is 0 Å². The van der Waals surface area contributed by atoms with Crippen LogP contribution < -0.4 is 10.6 Å². The largest absolute Gasteiger partial charge is 0.384 e. The lowest BCUT2D eigenvalue weighted by molar-refractivity contribution is -0.115. The first-order chi connectivity index (χ1) is 8.58. The molecule has 2 N–H and O–H groups in total. The molecule has 0 saturated heterocycles. The summed E-state index contributed by atoms with van der Waals surface area (Å²) in [7, 11) is 0. The van der Waals surface area contributed by atoms with Crippen molar-refractivity contribution in [3.05, 3.63) is 35.4 Å². The third kappa shape index (κ3) is 2.76. The maximum Gasteiger partial charge on any atom is 0.249 e. The molecule has 0 bridgehead atoms. The Bertz CT molecular complexity index is 535. The zero-order valence-corrected chi connectivity index (χ0v) is 11.4. The second-order valence-corrected chi connectivity index (χ2v) is 5.00. The lowest BCUT2D eigenvalue weighted by Crippen LogP contribution is -2.24. The highest BCUT2D eigenvalue weighted by Crippen LogP contribution is 2.30. The number of anilines is 1. The fourth-order valence-electron chi connectivity index (χ4n) is 2.15. The van der Waals surface area contributed by atoms with E-state index in [0.29, 0.717) is 4.99 Å². The molecule has 0 aromatic heterocycles. The summed E-state index contributed by atoms with van der Waals surface area (Å²) in [6, 6.07) is 6.18. The van der Waals surface area contributed by atoms with Crippen LogP contribution in [0.25, 0.3) is 5.57 Å². The summed E-state index contributed by atoms with van der Waals surface area (Å²) in [5.41, 5.74) is 4.49. The van der Waals surface area contributed by atoms with Gasteiger partial charge in [-0.1, -0.05) is 30.4 Å². The van der Waals surface area contributed by atoms with E-state index in [-0.39, 0.29) is 5.91 Å². The lowest BCUT2D eigenvalue weighted by atomic mass is 10.0. The van der Waals surface area contributed by atoms with Crippen molar-refractivity contribution < 1.29 is 4.79 Å². The topological polar surface area (TPSA) is 41.1 Å². The molecule has 2 rings (SSSR count). The van der Waals surface area contributed by atoms with Crippen LogP contribution in [0, 0.1) is 0 Å². The number of fused-ring (bicyclic) bond motifs is 1. The lowest BCUT2D eigenvalue weighted by Gasteiger charge is -2.09. The molecule has 1 aliphatic rings. The van der Waals surface area contributed by atoms with Gasteiger partial charge in [-0.2, -0.15) is 0 Å². The molecule has 0 saturated carbocycles. The molecule has 94 valence electrons. The fraction of sp³-hybridized carbons (Fsp3) is 0.286. The second-order valence-electron chi connectivity index (χ2n) is 4.39. The van der Waals surface area contributed by atoms with E-state index in [1.807, 2.05) is 19.1 Å². The Morgan fingerprint density at radius 3 is 2.94 bits per heavy atom. The van der Waals surface area contributed by atoms with Crippen molar-refractivity contribution in [2.24, 2.45) is 0 Å². The van der Waals surface area contributed by atoms with E-state index in [4.69, 9.17) is 12.2 Å². The number of nitrogens with one attached hydrogen (secondary N) is 2. The van der Waals surface area contributed by atoms with Gasteiger partial charge in [0.2, 0.25) is 5.91 Å². The van der Waals surface area contributed by atoms with E-state index in [2.05, 4.69) is 16.7 Å². The maximum atomic E-state index is 11.6. The number of hydrogen-bond acceptors (Lipinski definition) is 3. The molecule has 0 radical (unpaired) electrons. The summed E-state index contributed by atoms with van der Waals surface area (Å²) in [5, 5.41) is 5.97. The van der Waals surface area contributed by atoms with E-state index in [1.165, 1.54) is 5.56 Å². The first-order valence-corrected chi connectivity index (χ1v) is 6.34. The molecule has 18 heavy (non-hydrogen) atoms. The van der Waals surface area contributed by atoms with Crippen molar-refractivity contribution in [1.29, 1.82) is 0 Å². The van der Waals surface area contributed by atoms with E-state index in [9.17, 15) is 4.79 Å². The molecule has 0 spiro atoms. The van der Waals surface area contributed by atoms with Crippen LogP contribution >= 0.6 is 12.2 Å². The van der Waals surface area contributed by atoms with E-state index in [1.54, 1.807) is 13.0 Å². The van der Waals surface area contributed by atoms with Gasteiger partial charge in [-0.3, -0.25) is 4.79 Å². The standard InChI is InChI=1S/C14H16N2OS/c1-9(8-13(17)16-10(2)18)12-5-3-4-11-6-7-15-14(11)12/h3-5,8,15H,6-7H2,1-2H3,(H,16,17,18)/b9-8+. The molecule has 4 heteroatoms. The summed E-state index contributed by atoms with van der Waals surface area (Å²) in [5.74, 6) is -0.171. The average Bonchev–Trinajstić information content (AvgIpc) is 2.74. The van der Waals surface area contributed by atoms with Crippen molar-refractivity contribution in [1.82, 2.24) is 5.32 Å². The molecule has 1 aliphatic heterocycles. The number of thiocarbonyl (C=S) groups is 1. The number of rotatable bonds is 2. The number of carbonyl (C=O) groups excluding carboxylic acids is 1. The first-order valence-electron chi connectivity index (χ1n) is 5.94. The highest BCUT2D eigenvalue weighted by Gasteiger charge is 2.14. The number of allylic oxidation sites excluding steroid dienone is 1. The van der Waals surface area contributed by atoms with Crippen molar-refractivity contribution >= 4 is 34.4 Å². The van der Waals surface area contributed by atoms with Crippen molar-refractivity contribution in [2.45, 2.75) is 20.3 Å².